The fourth-order valence-electron chi connectivity index (χ4n) is 1.96. The van der Waals surface area contributed by atoms with E-state index in [1.54, 1.807) is 6.92 Å². The van der Waals surface area contributed by atoms with Gasteiger partial charge < -0.3 is 25.4 Å². The predicted octanol–water partition coefficient (Wildman–Crippen LogP) is -1.14. The summed E-state index contributed by atoms with van der Waals surface area (Å²) in [5.41, 5.74) is 0. The van der Waals surface area contributed by atoms with Crippen LogP contribution in [0.15, 0.2) is 0 Å². The van der Waals surface area contributed by atoms with Gasteiger partial charge in [0.1, 0.15) is 5.92 Å². The number of hydrogen-bond acceptors (Lipinski definition) is 4. The van der Waals surface area contributed by atoms with Gasteiger partial charge >= 0.3 is 12.0 Å². The molecule has 8 nitrogen and oxygen atoms in total. The Hall–Kier alpha value is -1.83. The fraction of sp³-hybridized carbons (Fsp3) is 0.727. The molecule has 108 valence electrons. The van der Waals surface area contributed by atoms with Crippen LogP contribution in [-0.4, -0.2) is 67.3 Å². The van der Waals surface area contributed by atoms with Crippen LogP contribution in [0.3, 0.4) is 0 Å². The monoisotopic (exact) mass is 273 g/mol. The van der Waals surface area contributed by atoms with Gasteiger partial charge in [-0.2, -0.15) is 0 Å². The molecule has 0 spiro atoms. The maximum Gasteiger partial charge on any atom is 0.318 e. The molecule has 1 fully saturated rings. The number of carboxylic acids is 1. The highest BCUT2D eigenvalue weighted by atomic mass is 16.5. The van der Waals surface area contributed by atoms with Crippen molar-refractivity contribution in [1.29, 1.82) is 0 Å². The van der Waals surface area contributed by atoms with Gasteiger partial charge in [-0.1, -0.05) is 0 Å². The van der Waals surface area contributed by atoms with Crippen molar-refractivity contribution in [3.8, 4) is 0 Å². The lowest BCUT2D eigenvalue weighted by molar-refractivity contribution is -0.142. The zero-order chi connectivity index (χ0) is 14.4. The molecular formula is C11H19N3O5. The Kier molecular flexibility index (Phi) is 5.56. The molecule has 1 heterocycles. The van der Waals surface area contributed by atoms with Crippen LogP contribution in [-0.2, 0) is 14.3 Å². The van der Waals surface area contributed by atoms with Crippen LogP contribution in [0.1, 0.15) is 6.92 Å². The number of carbonyl (C=O) groups is 3. The number of nitrogens with zero attached hydrogens (tertiary/aromatic N) is 1. The minimum atomic E-state index is -0.986. The Bertz CT molecular complexity index is 360. The lowest BCUT2D eigenvalue weighted by atomic mass is 10.0. The Labute approximate surface area is 111 Å². The molecule has 0 aromatic carbocycles. The number of hydrogen-bond donors (Lipinski definition) is 3. The number of rotatable bonds is 5. The molecular weight excluding hydrogens is 254 g/mol. The minimum Gasteiger partial charge on any atom is -0.481 e. The number of amides is 3. The van der Waals surface area contributed by atoms with Crippen LogP contribution in [0.25, 0.3) is 0 Å². The van der Waals surface area contributed by atoms with E-state index >= 15 is 0 Å². The highest BCUT2D eigenvalue weighted by molar-refractivity contribution is 5.84. The first kappa shape index (κ1) is 15.2. The van der Waals surface area contributed by atoms with Crippen molar-refractivity contribution in [2.75, 3.05) is 33.4 Å². The SMILES string of the molecule is CCN(C(=O)NCC(=O)NC)C1COCC1C(=O)O. The van der Waals surface area contributed by atoms with Crippen molar-refractivity contribution in [1.82, 2.24) is 15.5 Å². The first-order chi connectivity index (χ1) is 9.01. The van der Waals surface area contributed by atoms with Crippen LogP contribution in [0, 0.1) is 5.92 Å². The second kappa shape index (κ2) is 6.93. The van der Waals surface area contributed by atoms with Gasteiger partial charge in [0.05, 0.1) is 25.8 Å². The van der Waals surface area contributed by atoms with Crippen LogP contribution >= 0.6 is 0 Å². The smallest absolute Gasteiger partial charge is 0.318 e. The average Bonchev–Trinajstić information content (AvgIpc) is 2.86. The molecule has 1 aliphatic heterocycles. The third-order valence-corrected chi connectivity index (χ3v) is 3.05. The predicted molar refractivity (Wildman–Crippen MR) is 65.6 cm³/mol. The number of nitrogens with one attached hydrogen (secondary N) is 2. The highest BCUT2D eigenvalue weighted by Gasteiger charge is 2.39. The molecule has 1 rings (SSSR count). The molecule has 0 aromatic rings. The van der Waals surface area contributed by atoms with E-state index in [0.29, 0.717) is 6.54 Å². The summed E-state index contributed by atoms with van der Waals surface area (Å²) in [6.45, 7) is 2.24. The molecule has 3 N–H and O–H groups in total. The molecule has 0 aliphatic carbocycles. The molecule has 1 aliphatic rings. The summed E-state index contributed by atoms with van der Waals surface area (Å²) in [5, 5.41) is 13.9. The van der Waals surface area contributed by atoms with E-state index in [1.807, 2.05) is 0 Å². The Morgan fingerprint density at radius 1 is 1.37 bits per heavy atom. The van der Waals surface area contributed by atoms with E-state index in [9.17, 15) is 14.4 Å². The quantitative estimate of drug-likeness (QED) is 0.587. The topological polar surface area (TPSA) is 108 Å². The van der Waals surface area contributed by atoms with Crippen LogP contribution in [0.5, 0.6) is 0 Å². The maximum absolute atomic E-state index is 11.9. The lowest BCUT2D eigenvalue weighted by Gasteiger charge is -2.29. The van der Waals surface area contributed by atoms with Crippen molar-refractivity contribution in [2.24, 2.45) is 5.92 Å². The van der Waals surface area contributed by atoms with Crippen LogP contribution < -0.4 is 10.6 Å². The second-order valence-electron chi connectivity index (χ2n) is 4.17. The summed E-state index contributed by atoms with van der Waals surface area (Å²) in [5.74, 6) is -2.03. The molecule has 3 amide bonds. The van der Waals surface area contributed by atoms with E-state index in [-0.39, 0.29) is 25.7 Å². The molecule has 19 heavy (non-hydrogen) atoms. The van der Waals surface area contributed by atoms with Gasteiger partial charge in [0.15, 0.2) is 0 Å². The average molecular weight is 273 g/mol. The summed E-state index contributed by atoms with van der Waals surface area (Å²) in [6, 6.07) is -0.972. The Morgan fingerprint density at radius 2 is 2.05 bits per heavy atom. The summed E-state index contributed by atoms with van der Waals surface area (Å²) in [4.78, 5) is 35.4. The lowest BCUT2D eigenvalue weighted by Crippen LogP contribution is -2.51. The minimum absolute atomic E-state index is 0.0965. The van der Waals surface area contributed by atoms with E-state index in [2.05, 4.69) is 10.6 Å². The number of carbonyl (C=O) groups excluding carboxylic acids is 2. The molecule has 0 radical (unpaired) electrons. The molecule has 0 bridgehead atoms. The van der Waals surface area contributed by atoms with Gasteiger partial charge in [-0.25, -0.2) is 4.79 Å². The van der Waals surface area contributed by atoms with Crippen LogP contribution in [0.4, 0.5) is 4.79 Å². The zero-order valence-corrected chi connectivity index (χ0v) is 11.0. The van der Waals surface area contributed by atoms with Crippen molar-refractivity contribution in [3.05, 3.63) is 0 Å². The normalized spacial score (nSPS) is 21.8. The van der Waals surface area contributed by atoms with Gasteiger partial charge in [0.25, 0.3) is 0 Å². The molecule has 2 atom stereocenters. The molecule has 2 unspecified atom stereocenters. The van der Waals surface area contributed by atoms with Gasteiger partial charge in [0.2, 0.25) is 5.91 Å². The number of ether oxygens (including phenoxy) is 1. The highest BCUT2D eigenvalue weighted by Crippen LogP contribution is 2.20. The third kappa shape index (κ3) is 3.82. The van der Waals surface area contributed by atoms with Gasteiger partial charge in [-0.3, -0.25) is 9.59 Å². The molecule has 0 aromatic heterocycles. The largest absolute Gasteiger partial charge is 0.481 e. The Balaban J connectivity index is 2.63. The fourth-order valence-corrected chi connectivity index (χ4v) is 1.96. The molecule has 1 saturated heterocycles. The summed E-state index contributed by atoms with van der Waals surface area (Å²) >= 11 is 0. The van der Waals surface area contributed by atoms with Crippen molar-refractivity contribution >= 4 is 17.9 Å². The second-order valence-corrected chi connectivity index (χ2v) is 4.17. The molecule has 8 heteroatoms. The summed E-state index contributed by atoms with van der Waals surface area (Å²) in [6.07, 6.45) is 0. The maximum atomic E-state index is 11.9. The van der Waals surface area contributed by atoms with Crippen molar-refractivity contribution in [3.63, 3.8) is 0 Å². The van der Waals surface area contributed by atoms with E-state index in [4.69, 9.17) is 9.84 Å². The van der Waals surface area contributed by atoms with Gasteiger partial charge in [-0.15, -0.1) is 0 Å². The third-order valence-electron chi connectivity index (χ3n) is 3.05. The Morgan fingerprint density at radius 3 is 2.58 bits per heavy atom. The number of carboxylic acid groups (broad SMARTS) is 1. The van der Waals surface area contributed by atoms with Crippen LogP contribution in [0.2, 0.25) is 0 Å². The van der Waals surface area contributed by atoms with E-state index in [0.717, 1.165) is 0 Å². The number of urea groups is 1. The number of likely N-dealkylation sites (N-methyl/N-ethyl adjacent to an activating group) is 2. The molecule has 0 saturated carbocycles. The van der Waals surface area contributed by atoms with Gasteiger partial charge in [0, 0.05) is 13.6 Å². The number of aliphatic carboxylic acids is 1. The summed E-state index contributed by atoms with van der Waals surface area (Å²) < 4.78 is 5.13. The van der Waals surface area contributed by atoms with E-state index in [1.165, 1.54) is 11.9 Å². The van der Waals surface area contributed by atoms with Crippen molar-refractivity contribution < 1.29 is 24.2 Å². The van der Waals surface area contributed by atoms with E-state index < -0.39 is 24.0 Å². The first-order valence-electron chi connectivity index (χ1n) is 6.06. The summed E-state index contributed by atoms with van der Waals surface area (Å²) in [7, 11) is 1.47. The van der Waals surface area contributed by atoms with Crippen molar-refractivity contribution in [2.45, 2.75) is 13.0 Å². The first-order valence-corrected chi connectivity index (χ1v) is 6.06. The zero-order valence-electron chi connectivity index (χ0n) is 11.0. The van der Waals surface area contributed by atoms with Gasteiger partial charge in [-0.05, 0) is 6.92 Å². The standard InChI is InChI=1S/C11H19N3O5/c1-3-14(11(18)13-4-9(15)12-2)8-6-19-5-7(8)10(16)17/h7-8H,3-6H2,1-2H3,(H,12,15)(H,13,18)(H,16,17).